The van der Waals surface area contributed by atoms with E-state index in [1.165, 1.54) is 15.3 Å². The molecule has 0 radical (unpaired) electrons. The van der Waals surface area contributed by atoms with Gasteiger partial charge in [0.1, 0.15) is 6.04 Å². The molecular formula is C24H24N8O4. The number of nitrogens with one attached hydrogen (secondary N) is 1. The Morgan fingerprint density at radius 2 is 2.03 bits per heavy atom. The van der Waals surface area contributed by atoms with Crippen LogP contribution in [-0.2, 0) is 35.6 Å². The number of piperidine rings is 1. The minimum absolute atomic E-state index is 0.205. The molecule has 0 aliphatic carbocycles. The van der Waals surface area contributed by atoms with Gasteiger partial charge >= 0.3 is 0 Å². The maximum absolute atomic E-state index is 13.1. The molecule has 2 aromatic heterocycles. The second-order valence-electron chi connectivity index (χ2n) is 9.19. The van der Waals surface area contributed by atoms with Crippen LogP contribution >= 0.6 is 0 Å². The van der Waals surface area contributed by atoms with E-state index in [-0.39, 0.29) is 36.4 Å². The fourth-order valence-electron chi connectivity index (χ4n) is 5.17. The number of rotatable bonds is 4. The van der Waals surface area contributed by atoms with Crippen LogP contribution in [0.25, 0.3) is 5.69 Å². The summed E-state index contributed by atoms with van der Waals surface area (Å²) in [5.74, 6) is -1.22. The topological polar surface area (TPSA) is 135 Å². The second-order valence-corrected chi connectivity index (χ2v) is 9.19. The van der Waals surface area contributed by atoms with Crippen molar-refractivity contribution < 1.29 is 19.2 Å². The minimum Gasteiger partial charge on any atom is -0.334 e. The summed E-state index contributed by atoms with van der Waals surface area (Å²) in [5.41, 5.74) is 4.23. The fourth-order valence-corrected chi connectivity index (χ4v) is 5.17. The number of carbonyl (C=O) groups is 4. The lowest BCUT2D eigenvalue weighted by atomic mass is 10.0. The molecule has 1 fully saturated rings. The van der Waals surface area contributed by atoms with Crippen molar-refractivity contribution in [1.29, 1.82) is 0 Å². The largest absolute Gasteiger partial charge is 0.334 e. The van der Waals surface area contributed by atoms with Gasteiger partial charge in [0.05, 0.1) is 30.5 Å². The van der Waals surface area contributed by atoms with Gasteiger partial charge in [0.2, 0.25) is 11.8 Å². The van der Waals surface area contributed by atoms with Crippen LogP contribution in [0.15, 0.2) is 30.7 Å². The number of aryl methyl sites for hydroxylation is 1. The van der Waals surface area contributed by atoms with Crippen LogP contribution in [-0.4, -0.2) is 70.6 Å². The van der Waals surface area contributed by atoms with Crippen LogP contribution in [0, 0.1) is 0 Å². The van der Waals surface area contributed by atoms with Gasteiger partial charge in [-0.15, -0.1) is 5.10 Å². The lowest BCUT2D eigenvalue weighted by Crippen LogP contribution is -2.52. The van der Waals surface area contributed by atoms with E-state index in [2.05, 4.69) is 32.1 Å². The zero-order valence-electron chi connectivity index (χ0n) is 19.7. The van der Waals surface area contributed by atoms with Gasteiger partial charge in [0.15, 0.2) is 5.69 Å². The Hall–Kier alpha value is -4.35. The average molecular weight is 489 g/mol. The van der Waals surface area contributed by atoms with Crippen LogP contribution in [0.2, 0.25) is 0 Å². The molecular weight excluding hydrogens is 464 g/mol. The van der Waals surface area contributed by atoms with Crippen molar-refractivity contribution in [3.63, 3.8) is 0 Å². The van der Waals surface area contributed by atoms with Gasteiger partial charge in [-0.25, -0.2) is 9.67 Å². The third-order valence-corrected chi connectivity index (χ3v) is 7.10. The van der Waals surface area contributed by atoms with Crippen LogP contribution < -0.4 is 5.32 Å². The van der Waals surface area contributed by atoms with E-state index in [0.29, 0.717) is 30.8 Å². The van der Waals surface area contributed by atoms with E-state index in [1.54, 1.807) is 23.2 Å². The number of fused-ring (bicyclic) bond motifs is 2. The molecule has 1 unspecified atom stereocenters. The van der Waals surface area contributed by atoms with E-state index >= 15 is 0 Å². The molecule has 6 rings (SSSR count). The third-order valence-electron chi connectivity index (χ3n) is 7.10. The molecule has 0 bridgehead atoms. The maximum atomic E-state index is 13.1. The van der Waals surface area contributed by atoms with Crippen molar-refractivity contribution in [2.24, 2.45) is 0 Å². The highest BCUT2D eigenvalue weighted by molar-refractivity contribution is 6.05. The molecule has 1 aromatic carbocycles. The number of aromatic nitrogens is 5. The van der Waals surface area contributed by atoms with Crippen LogP contribution in [0.5, 0.6) is 0 Å². The first kappa shape index (κ1) is 22.1. The SMILES string of the molecule is CCn1cnc2c1CCN(C(=O)c1cn(-c3ccc4c(c3)CN(C3CCC(=O)NC3=O)C4=O)nn1)C2. The molecule has 5 heterocycles. The Kier molecular flexibility index (Phi) is 5.16. The van der Waals surface area contributed by atoms with Gasteiger partial charge < -0.3 is 14.4 Å². The second kappa shape index (κ2) is 8.40. The molecule has 1 N–H and O–H groups in total. The van der Waals surface area contributed by atoms with E-state index in [9.17, 15) is 19.2 Å². The maximum Gasteiger partial charge on any atom is 0.276 e. The van der Waals surface area contributed by atoms with Gasteiger partial charge in [-0.3, -0.25) is 24.5 Å². The molecule has 12 heteroatoms. The Bertz CT molecular complexity index is 1420. The lowest BCUT2D eigenvalue weighted by molar-refractivity contribution is -0.136. The minimum atomic E-state index is -0.671. The zero-order chi connectivity index (χ0) is 25.0. The van der Waals surface area contributed by atoms with E-state index in [4.69, 9.17) is 0 Å². The molecule has 184 valence electrons. The molecule has 1 saturated heterocycles. The summed E-state index contributed by atoms with van der Waals surface area (Å²) in [5, 5.41) is 10.5. The van der Waals surface area contributed by atoms with Crippen molar-refractivity contribution in [1.82, 2.24) is 39.7 Å². The van der Waals surface area contributed by atoms with Gasteiger partial charge in [-0.2, -0.15) is 0 Å². The zero-order valence-corrected chi connectivity index (χ0v) is 19.7. The first-order valence-corrected chi connectivity index (χ1v) is 12.0. The van der Waals surface area contributed by atoms with Gasteiger partial charge in [-0.05, 0) is 37.1 Å². The van der Waals surface area contributed by atoms with Crippen molar-refractivity contribution in [2.45, 2.75) is 51.9 Å². The molecule has 0 saturated carbocycles. The highest BCUT2D eigenvalue weighted by atomic mass is 16.2. The summed E-state index contributed by atoms with van der Waals surface area (Å²) in [6, 6.07) is 4.57. The molecule has 3 aromatic rings. The predicted octanol–water partition coefficient (Wildman–Crippen LogP) is 0.443. The van der Waals surface area contributed by atoms with Crippen LogP contribution in [0.1, 0.15) is 57.6 Å². The van der Waals surface area contributed by atoms with E-state index in [0.717, 1.165) is 24.2 Å². The Morgan fingerprint density at radius 3 is 2.83 bits per heavy atom. The van der Waals surface area contributed by atoms with Gasteiger partial charge in [0, 0.05) is 43.7 Å². The number of hydrogen-bond acceptors (Lipinski definition) is 7. The Balaban J connectivity index is 1.18. The number of amides is 4. The van der Waals surface area contributed by atoms with Crippen molar-refractivity contribution >= 4 is 23.6 Å². The molecule has 1 atom stereocenters. The summed E-state index contributed by atoms with van der Waals surface area (Å²) in [6.07, 6.45) is 4.65. The molecule has 3 aliphatic heterocycles. The standard InChI is InChI=1S/C24H24N8O4/c1-2-29-13-25-17-11-30(8-7-19(17)29)24(36)18-12-32(28-27-18)15-3-4-16-14(9-15)10-31(23(16)35)20-5-6-21(33)26-22(20)34/h3-4,9,12-13,20H,2,5-8,10-11H2,1H3,(H,26,33,34). The highest BCUT2D eigenvalue weighted by Gasteiger charge is 2.39. The number of imidazole rings is 1. The number of imide groups is 1. The number of benzene rings is 1. The number of nitrogens with zero attached hydrogens (tertiary/aromatic N) is 7. The average Bonchev–Trinajstić information content (AvgIpc) is 3.60. The summed E-state index contributed by atoms with van der Waals surface area (Å²) in [6.45, 7) is 4.20. The van der Waals surface area contributed by atoms with Crippen molar-refractivity contribution in [3.05, 3.63) is 58.9 Å². The van der Waals surface area contributed by atoms with Gasteiger partial charge in [-0.1, -0.05) is 5.21 Å². The first-order chi connectivity index (χ1) is 17.4. The summed E-state index contributed by atoms with van der Waals surface area (Å²) in [7, 11) is 0. The van der Waals surface area contributed by atoms with E-state index in [1.807, 2.05) is 12.4 Å². The molecule has 12 nitrogen and oxygen atoms in total. The summed E-state index contributed by atoms with van der Waals surface area (Å²) < 4.78 is 3.61. The first-order valence-electron chi connectivity index (χ1n) is 12.0. The smallest absolute Gasteiger partial charge is 0.276 e. The molecule has 3 aliphatic rings. The fraction of sp³-hybridized carbons (Fsp3) is 0.375. The molecule has 0 spiro atoms. The van der Waals surface area contributed by atoms with Crippen LogP contribution in [0.4, 0.5) is 0 Å². The monoisotopic (exact) mass is 488 g/mol. The predicted molar refractivity (Wildman–Crippen MR) is 124 cm³/mol. The lowest BCUT2D eigenvalue weighted by Gasteiger charge is -2.29. The quantitative estimate of drug-likeness (QED) is 0.527. The summed E-state index contributed by atoms with van der Waals surface area (Å²) >= 11 is 0. The third kappa shape index (κ3) is 3.56. The summed E-state index contributed by atoms with van der Waals surface area (Å²) in [4.78, 5) is 57.4. The molecule has 36 heavy (non-hydrogen) atoms. The highest BCUT2D eigenvalue weighted by Crippen LogP contribution is 2.29. The van der Waals surface area contributed by atoms with Gasteiger partial charge in [0.25, 0.3) is 11.8 Å². The molecule has 4 amide bonds. The Morgan fingerprint density at radius 1 is 1.17 bits per heavy atom. The van der Waals surface area contributed by atoms with Crippen molar-refractivity contribution in [3.8, 4) is 5.69 Å². The number of carbonyl (C=O) groups excluding carboxylic acids is 4. The van der Waals surface area contributed by atoms with Crippen LogP contribution in [0.3, 0.4) is 0 Å². The number of hydrogen-bond donors (Lipinski definition) is 1. The Labute approximate surface area is 205 Å². The normalized spacial score (nSPS) is 19.4. The van der Waals surface area contributed by atoms with Crippen molar-refractivity contribution in [2.75, 3.05) is 6.54 Å². The van der Waals surface area contributed by atoms with E-state index < -0.39 is 11.9 Å².